The number of hydrogen-bond acceptors (Lipinski definition) is 4. The lowest BCUT2D eigenvalue weighted by Gasteiger charge is -2.08. The smallest absolute Gasteiger partial charge is 0.308 e. The number of carbonyl (C=O) groups excluding carboxylic acids is 2. The Morgan fingerprint density at radius 2 is 1.77 bits per heavy atom. The highest BCUT2D eigenvalue weighted by atomic mass is 16.6. The van der Waals surface area contributed by atoms with E-state index >= 15 is 0 Å². The Balaban J connectivity index is 3.42. The Labute approximate surface area is 78.2 Å². The summed E-state index contributed by atoms with van der Waals surface area (Å²) in [5, 5.41) is 0. The molecule has 0 spiro atoms. The molecule has 0 N–H and O–H groups in total. The first-order chi connectivity index (χ1) is 6.07. The van der Waals surface area contributed by atoms with Crippen LogP contribution in [-0.4, -0.2) is 25.2 Å². The van der Waals surface area contributed by atoms with Gasteiger partial charge in [0.25, 0.3) is 0 Å². The summed E-state index contributed by atoms with van der Waals surface area (Å²) in [6, 6.07) is 0. The van der Waals surface area contributed by atoms with Crippen molar-refractivity contribution < 1.29 is 19.1 Å². The number of carbonyl (C=O) groups is 2. The molecule has 76 valence electrons. The first-order valence-corrected chi connectivity index (χ1v) is 4.38. The van der Waals surface area contributed by atoms with Crippen LogP contribution >= 0.6 is 0 Å². The molecule has 1 unspecified atom stereocenters. The van der Waals surface area contributed by atoms with E-state index in [1.807, 2.05) is 6.92 Å². The molecule has 13 heavy (non-hydrogen) atoms. The highest BCUT2D eigenvalue weighted by Gasteiger charge is 2.11. The van der Waals surface area contributed by atoms with Gasteiger partial charge >= 0.3 is 11.9 Å². The van der Waals surface area contributed by atoms with Crippen LogP contribution in [0.3, 0.4) is 0 Å². The average Bonchev–Trinajstić information content (AvgIpc) is 2.10. The van der Waals surface area contributed by atoms with Crippen LogP contribution in [0.5, 0.6) is 0 Å². The fourth-order valence-electron chi connectivity index (χ4n) is 0.637. The Kier molecular flexibility index (Phi) is 5.93. The molecule has 4 nitrogen and oxygen atoms in total. The predicted molar refractivity (Wildman–Crippen MR) is 47.0 cm³/mol. The van der Waals surface area contributed by atoms with Crippen LogP contribution in [0, 0.1) is 5.92 Å². The third-order valence-electron chi connectivity index (χ3n) is 1.65. The first kappa shape index (κ1) is 11.9. The molecular formula is C9H16O4. The maximum Gasteiger partial charge on any atom is 0.308 e. The fraction of sp³-hybridized carbons (Fsp3) is 0.778. The summed E-state index contributed by atoms with van der Waals surface area (Å²) in [4.78, 5) is 21.4. The van der Waals surface area contributed by atoms with Crippen molar-refractivity contribution in [1.82, 2.24) is 0 Å². The Bertz CT molecular complexity index is 176. The van der Waals surface area contributed by atoms with Crippen molar-refractivity contribution in [2.75, 3.05) is 13.2 Å². The van der Waals surface area contributed by atoms with Gasteiger partial charge in [-0.1, -0.05) is 13.8 Å². The monoisotopic (exact) mass is 188 g/mol. The highest BCUT2D eigenvalue weighted by Crippen LogP contribution is 2.02. The Morgan fingerprint density at radius 1 is 1.23 bits per heavy atom. The molecule has 0 saturated carbocycles. The van der Waals surface area contributed by atoms with Crippen LogP contribution in [0.4, 0.5) is 0 Å². The van der Waals surface area contributed by atoms with Crippen LogP contribution in [0.15, 0.2) is 0 Å². The van der Waals surface area contributed by atoms with Crippen LogP contribution < -0.4 is 0 Å². The van der Waals surface area contributed by atoms with E-state index in [0.717, 1.165) is 6.42 Å². The SMILES string of the molecule is CCC(C)C(=O)OCCOC(C)=O. The zero-order valence-corrected chi connectivity index (χ0v) is 8.33. The molecule has 0 fully saturated rings. The van der Waals surface area contributed by atoms with Gasteiger partial charge in [0.15, 0.2) is 0 Å². The van der Waals surface area contributed by atoms with Gasteiger partial charge in [-0.2, -0.15) is 0 Å². The van der Waals surface area contributed by atoms with Crippen LogP contribution in [0.1, 0.15) is 27.2 Å². The van der Waals surface area contributed by atoms with E-state index in [0.29, 0.717) is 0 Å². The summed E-state index contributed by atoms with van der Waals surface area (Å²) in [7, 11) is 0. The van der Waals surface area contributed by atoms with Crippen LogP contribution in [0.25, 0.3) is 0 Å². The number of esters is 2. The molecule has 0 aliphatic carbocycles. The number of ether oxygens (including phenoxy) is 2. The second-order valence-electron chi connectivity index (χ2n) is 2.82. The van der Waals surface area contributed by atoms with Gasteiger partial charge in [-0.05, 0) is 6.42 Å². The zero-order valence-electron chi connectivity index (χ0n) is 8.33. The molecule has 0 aromatic carbocycles. The minimum atomic E-state index is -0.361. The van der Waals surface area contributed by atoms with Gasteiger partial charge in [0.1, 0.15) is 13.2 Å². The standard InChI is InChI=1S/C9H16O4/c1-4-7(2)9(11)13-6-5-12-8(3)10/h7H,4-6H2,1-3H3. The van der Waals surface area contributed by atoms with Gasteiger partial charge in [0, 0.05) is 6.92 Å². The summed E-state index contributed by atoms with van der Waals surface area (Å²) >= 11 is 0. The third kappa shape index (κ3) is 6.13. The Morgan fingerprint density at radius 3 is 2.23 bits per heavy atom. The van der Waals surface area contributed by atoms with Crippen molar-refractivity contribution in [1.29, 1.82) is 0 Å². The normalized spacial score (nSPS) is 11.9. The van der Waals surface area contributed by atoms with E-state index in [9.17, 15) is 9.59 Å². The quantitative estimate of drug-likeness (QED) is 0.479. The lowest BCUT2D eigenvalue weighted by Crippen LogP contribution is -2.17. The lowest BCUT2D eigenvalue weighted by atomic mass is 10.1. The van der Waals surface area contributed by atoms with E-state index in [1.165, 1.54) is 6.92 Å². The summed E-state index contributed by atoms with van der Waals surface area (Å²) in [6.45, 7) is 5.31. The molecule has 0 saturated heterocycles. The van der Waals surface area contributed by atoms with Gasteiger partial charge in [-0.25, -0.2) is 0 Å². The molecule has 4 heteroatoms. The fourth-order valence-corrected chi connectivity index (χ4v) is 0.637. The Hall–Kier alpha value is -1.06. The van der Waals surface area contributed by atoms with Crippen molar-refractivity contribution in [3.63, 3.8) is 0 Å². The van der Waals surface area contributed by atoms with Crippen molar-refractivity contribution >= 4 is 11.9 Å². The van der Waals surface area contributed by atoms with Crippen molar-refractivity contribution in [2.24, 2.45) is 5.92 Å². The molecular weight excluding hydrogens is 172 g/mol. The molecule has 0 aliphatic rings. The molecule has 0 aromatic heterocycles. The van der Waals surface area contributed by atoms with Crippen LogP contribution in [0.2, 0.25) is 0 Å². The summed E-state index contributed by atoms with van der Waals surface area (Å²) in [5.41, 5.74) is 0. The molecule has 0 rings (SSSR count). The van der Waals surface area contributed by atoms with Crippen molar-refractivity contribution in [2.45, 2.75) is 27.2 Å². The van der Waals surface area contributed by atoms with Crippen molar-refractivity contribution in [3.8, 4) is 0 Å². The summed E-state index contributed by atoms with van der Waals surface area (Å²) in [5.74, 6) is -0.688. The molecule has 0 radical (unpaired) electrons. The topological polar surface area (TPSA) is 52.6 Å². The highest BCUT2D eigenvalue weighted by molar-refractivity contribution is 5.71. The minimum Gasteiger partial charge on any atom is -0.462 e. The average molecular weight is 188 g/mol. The summed E-state index contributed by atoms with van der Waals surface area (Å²) < 4.78 is 9.42. The molecule has 1 atom stereocenters. The van der Waals surface area contributed by atoms with Crippen LogP contribution in [-0.2, 0) is 19.1 Å². The molecule has 0 amide bonds. The maximum absolute atomic E-state index is 11.1. The van der Waals surface area contributed by atoms with Crippen molar-refractivity contribution in [3.05, 3.63) is 0 Å². The largest absolute Gasteiger partial charge is 0.462 e. The van der Waals surface area contributed by atoms with E-state index in [4.69, 9.17) is 4.74 Å². The maximum atomic E-state index is 11.1. The molecule has 0 heterocycles. The second kappa shape index (κ2) is 6.46. The van der Waals surface area contributed by atoms with E-state index < -0.39 is 0 Å². The van der Waals surface area contributed by atoms with Gasteiger partial charge in [0.2, 0.25) is 0 Å². The number of hydrogen-bond donors (Lipinski definition) is 0. The predicted octanol–water partition coefficient (Wildman–Crippen LogP) is 1.14. The molecule has 0 bridgehead atoms. The first-order valence-electron chi connectivity index (χ1n) is 4.38. The van der Waals surface area contributed by atoms with Gasteiger partial charge in [-0.3, -0.25) is 9.59 Å². The third-order valence-corrected chi connectivity index (χ3v) is 1.65. The van der Waals surface area contributed by atoms with Gasteiger partial charge < -0.3 is 9.47 Å². The van der Waals surface area contributed by atoms with Gasteiger partial charge in [-0.15, -0.1) is 0 Å². The van der Waals surface area contributed by atoms with E-state index in [-0.39, 0.29) is 31.1 Å². The van der Waals surface area contributed by atoms with E-state index in [2.05, 4.69) is 4.74 Å². The van der Waals surface area contributed by atoms with E-state index in [1.54, 1.807) is 6.92 Å². The number of rotatable bonds is 5. The summed E-state index contributed by atoms with van der Waals surface area (Å²) in [6.07, 6.45) is 0.756. The minimum absolute atomic E-state index is 0.0858. The van der Waals surface area contributed by atoms with Gasteiger partial charge in [0.05, 0.1) is 5.92 Å². The molecule has 0 aliphatic heterocycles. The zero-order chi connectivity index (χ0) is 10.3. The molecule has 0 aromatic rings. The lowest BCUT2D eigenvalue weighted by molar-refractivity contribution is -0.153. The second-order valence-corrected chi connectivity index (χ2v) is 2.82.